The van der Waals surface area contributed by atoms with Gasteiger partial charge in [-0.2, -0.15) is 0 Å². The van der Waals surface area contributed by atoms with Gasteiger partial charge in [-0.1, -0.05) is 0 Å². The molecule has 1 heterocycles. The second-order valence-electron chi connectivity index (χ2n) is 6.20. The fraction of sp³-hybridized carbons (Fsp3) is 0.389. The third kappa shape index (κ3) is 4.90. The van der Waals surface area contributed by atoms with E-state index < -0.39 is 24.5 Å². The van der Waals surface area contributed by atoms with E-state index in [2.05, 4.69) is 15.6 Å². The first-order valence-corrected chi connectivity index (χ1v) is 8.51. The Labute approximate surface area is 155 Å². The van der Waals surface area contributed by atoms with Crippen LogP contribution >= 0.6 is 0 Å². The van der Waals surface area contributed by atoms with Crippen molar-refractivity contribution in [2.45, 2.75) is 40.3 Å². The highest BCUT2D eigenvalue weighted by atomic mass is 16.5. The number of rotatable bonds is 5. The van der Waals surface area contributed by atoms with Crippen LogP contribution < -0.4 is 16.2 Å². The quantitative estimate of drug-likeness (QED) is 0.757. The highest BCUT2D eigenvalue weighted by Crippen LogP contribution is 2.14. The van der Waals surface area contributed by atoms with E-state index in [1.807, 2.05) is 6.92 Å². The Hall–Kier alpha value is -3.23. The molecule has 0 spiro atoms. The maximum absolute atomic E-state index is 12.2. The van der Waals surface area contributed by atoms with E-state index >= 15 is 0 Å². The number of esters is 1. The van der Waals surface area contributed by atoms with Gasteiger partial charge in [0.1, 0.15) is 5.69 Å². The van der Waals surface area contributed by atoms with Gasteiger partial charge in [-0.15, -0.1) is 0 Å². The third-order valence-corrected chi connectivity index (χ3v) is 3.67. The molecule has 2 aromatic rings. The van der Waals surface area contributed by atoms with Gasteiger partial charge < -0.3 is 14.6 Å². The van der Waals surface area contributed by atoms with Gasteiger partial charge in [0.2, 0.25) is 0 Å². The molecular weight excluding hydrogens is 352 g/mol. The number of nitrogens with zero attached hydrogens (tertiary/aromatic N) is 2. The lowest BCUT2D eigenvalue weighted by molar-refractivity contribution is -0.123. The molecule has 2 rings (SSSR count). The van der Waals surface area contributed by atoms with Gasteiger partial charge >= 0.3 is 12.0 Å². The molecular formula is C18H22N4O5. The molecule has 0 aliphatic carbocycles. The normalized spacial score (nSPS) is 10.7. The van der Waals surface area contributed by atoms with E-state index in [9.17, 15) is 19.2 Å². The Bertz CT molecular complexity index is 949. The highest BCUT2D eigenvalue weighted by molar-refractivity contribution is 5.98. The summed E-state index contributed by atoms with van der Waals surface area (Å²) in [4.78, 5) is 51.6. The van der Waals surface area contributed by atoms with Crippen LogP contribution in [-0.2, 0) is 16.1 Å². The van der Waals surface area contributed by atoms with E-state index in [0.29, 0.717) is 23.3 Å². The Morgan fingerprint density at radius 3 is 2.59 bits per heavy atom. The molecule has 0 bridgehead atoms. The minimum Gasteiger partial charge on any atom is -0.452 e. The molecule has 0 saturated heterocycles. The first kappa shape index (κ1) is 20.1. The number of hydrogen-bond donors (Lipinski definition) is 2. The van der Waals surface area contributed by atoms with Crippen molar-refractivity contribution >= 4 is 28.9 Å². The van der Waals surface area contributed by atoms with Gasteiger partial charge in [-0.25, -0.2) is 14.6 Å². The molecule has 1 aromatic heterocycles. The maximum atomic E-state index is 12.2. The summed E-state index contributed by atoms with van der Waals surface area (Å²) in [6.45, 7) is 6.82. The lowest BCUT2D eigenvalue weighted by Gasteiger charge is -2.11. The van der Waals surface area contributed by atoms with Gasteiger partial charge in [-0.3, -0.25) is 14.9 Å². The lowest BCUT2D eigenvalue weighted by Crippen LogP contribution is -2.44. The zero-order valence-corrected chi connectivity index (χ0v) is 15.7. The number of hydrogen-bond acceptors (Lipinski definition) is 6. The van der Waals surface area contributed by atoms with E-state index in [1.165, 1.54) is 12.1 Å². The molecule has 0 aliphatic rings. The average molecular weight is 374 g/mol. The van der Waals surface area contributed by atoms with Crippen LogP contribution in [0.1, 0.15) is 36.8 Å². The average Bonchev–Trinajstić information content (AvgIpc) is 2.59. The summed E-state index contributed by atoms with van der Waals surface area (Å²) in [6, 6.07) is 3.82. The largest absolute Gasteiger partial charge is 0.452 e. The van der Waals surface area contributed by atoms with Gasteiger partial charge in [0, 0.05) is 12.6 Å². The molecule has 144 valence electrons. The summed E-state index contributed by atoms with van der Waals surface area (Å²) in [6.07, 6.45) is 0. The Balaban J connectivity index is 2.10. The summed E-state index contributed by atoms with van der Waals surface area (Å²) in [5.41, 5.74) is 1.41. The number of ether oxygens (including phenoxy) is 1. The van der Waals surface area contributed by atoms with E-state index in [-0.39, 0.29) is 17.2 Å². The lowest BCUT2D eigenvalue weighted by atomic mass is 10.2. The van der Waals surface area contributed by atoms with Crippen molar-refractivity contribution in [2.24, 2.45) is 0 Å². The number of carbonyl (C=O) groups excluding carboxylic acids is 3. The number of fused-ring (bicyclic) bond motifs is 1. The minimum absolute atomic E-state index is 0.130. The van der Waals surface area contributed by atoms with Crippen LogP contribution in [0.2, 0.25) is 0 Å². The molecule has 9 heteroatoms. The topological polar surface area (TPSA) is 119 Å². The van der Waals surface area contributed by atoms with Crippen molar-refractivity contribution in [2.75, 3.05) is 6.61 Å². The van der Waals surface area contributed by atoms with Crippen LogP contribution in [0.4, 0.5) is 4.79 Å². The molecule has 3 amide bonds. The molecule has 27 heavy (non-hydrogen) atoms. The first-order valence-electron chi connectivity index (χ1n) is 8.51. The number of urea groups is 1. The smallest absolute Gasteiger partial charge is 0.338 e. The van der Waals surface area contributed by atoms with Crippen molar-refractivity contribution in [3.8, 4) is 0 Å². The fourth-order valence-corrected chi connectivity index (χ4v) is 2.49. The van der Waals surface area contributed by atoms with Crippen molar-refractivity contribution in [1.29, 1.82) is 0 Å². The first-order chi connectivity index (χ1) is 12.7. The predicted molar refractivity (Wildman–Crippen MR) is 98.5 cm³/mol. The van der Waals surface area contributed by atoms with E-state index in [1.54, 1.807) is 31.4 Å². The highest BCUT2D eigenvalue weighted by Gasteiger charge is 2.15. The van der Waals surface area contributed by atoms with Crippen LogP contribution in [-0.4, -0.2) is 40.1 Å². The second kappa shape index (κ2) is 8.43. The van der Waals surface area contributed by atoms with Crippen molar-refractivity contribution in [1.82, 2.24) is 20.2 Å². The number of amides is 3. The molecule has 0 fully saturated rings. The number of aromatic nitrogens is 2. The monoisotopic (exact) mass is 374 g/mol. The summed E-state index contributed by atoms with van der Waals surface area (Å²) in [7, 11) is 0. The fourth-order valence-electron chi connectivity index (χ4n) is 2.49. The molecule has 0 atom stereocenters. The zero-order chi connectivity index (χ0) is 20.1. The molecule has 1 aromatic carbocycles. The summed E-state index contributed by atoms with van der Waals surface area (Å²) in [5, 5.41) is 4.55. The molecule has 2 N–H and O–H groups in total. The molecule has 0 aliphatic heterocycles. The third-order valence-electron chi connectivity index (χ3n) is 3.67. The number of imide groups is 1. The van der Waals surface area contributed by atoms with Crippen LogP contribution in [0.25, 0.3) is 11.0 Å². The molecule has 0 unspecified atom stereocenters. The number of benzene rings is 1. The SMILES string of the molecule is CCn1c(=O)c(C)nc2cc(C(=O)OCC(=O)NC(=O)NC(C)C)ccc21. The second-order valence-corrected chi connectivity index (χ2v) is 6.20. The summed E-state index contributed by atoms with van der Waals surface area (Å²) in [5.74, 6) is -1.47. The van der Waals surface area contributed by atoms with Gasteiger partial charge in [-0.05, 0) is 45.9 Å². The zero-order valence-electron chi connectivity index (χ0n) is 15.7. The van der Waals surface area contributed by atoms with Crippen molar-refractivity contribution in [3.63, 3.8) is 0 Å². The van der Waals surface area contributed by atoms with E-state index in [0.717, 1.165) is 0 Å². The molecule has 0 radical (unpaired) electrons. The minimum atomic E-state index is -0.740. The maximum Gasteiger partial charge on any atom is 0.338 e. The van der Waals surface area contributed by atoms with Crippen LogP contribution in [0, 0.1) is 6.92 Å². The Morgan fingerprint density at radius 1 is 1.26 bits per heavy atom. The van der Waals surface area contributed by atoms with Crippen molar-refractivity contribution < 1.29 is 19.1 Å². The van der Waals surface area contributed by atoms with Crippen LogP contribution in [0.5, 0.6) is 0 Å². The number of carbonyl (C=O) groups is 3. The van der Waals surface area contributed by atoms with Crippen LogP contribution in [0.3, 0.4) is 0 Å². The Morgan fingerprint density at radius 2 is 1.96 bits per heavy atom. The summed E-state index contributed by atoms with van der Waals surface area (Å²) < 4.78 is 6.49. The van der Waals surface area contributed by atoms with Gasteiger partial charge in [0.05, 0.1) is 16.6 Å². The number of aryl methyl sites for hydroxylation is 2. The standard InChI is InChI=1S/C18H22N4O5/c1-5-22-14-7-6-12(8-13(14)20-11(4)16(22)24)17(25)27-9-15(23)21-18(26)19-10(2)3/h6-8,10H,5,9H2,1-4H3,(H2,19,21,23,26). The summed E-state index contributed by atoms with van der Waals surface area (Å²) >= 11 is 0. The van der Waals surface area contributed by atoms with Gasteiger partial charge in [0.15, 0.2) is 6.61 Å². The van der Waals surface area contributed by atoms with Crippen molar-refractivity contribution in [3.05, 3.63) is 39.8 Å². The van der Waals surface area contributed by atoms with Crippen LogP contribution in [0.15, 0.2) is 23.0 Å². The molecule has 9 nitrogen and oxygen atoms in total. The van der Waals surface area contributed by atoms with Gasteiger partial charge in [0.25, 0.3) is 11.5 Å². The number of nitrogens with one attached hydrogen (secondary N) is 2. The Kier molecular flexibility index (Phi) is 6.27. The molecule has 0 saturated carbocycles. The predicted octanol–water partition coefficient (Wildman–Crippen LogP) is 1.12. The van der Waals surface area contributed by atoms with E-state index in [4.69, 9.17) is 4.74 Å².